The minimum Gasteiger partial charge on any atom is -0.388 e. The van der Waals surface area contributed by atoms with Crippen LogP contribution in [0.5, 0.6) is 0 Å². The van der Waals surface area contributed by atoms with E-state index in [1.54, 1.807) is 19.2 Å². The zero-order valence-electron chi connectivity index (χ0n) is 11.4. The van der Waals surface area contributed by atoms with Crippen LogP contribution < -0.4 is 10.2 Å². The van der Waals surface area contributed by atoms with E-state index in [-0.39, 0.29) is 10.6 Å². The topological polar surface area (TPSA) is 58.4 Å². The van der Waals surface area contributed by atoms with Crippen molar-refractivity contribution in [2.75, 3.05) is 23.8 Å². The lowest BCUT2D eigenvalue weighted by Crippen LogP contribution is -2.32. The van der Waals surface area contributed by atoms with Crippen LogP contribution in [0, 0.1) is 10.1 Å². The Morgan fingerprint density at radius 2 is 2.06 bits per heavy atom. The molecule has 1 atom stereocenters. The lowest BCUT2D eigenvalue weighted by atomic mass is 10.1. The van der Waals surface area contributed by atoms with E-state index >= 15 is 0 Å². The molecule has 1 aromatic carbocycles. The van der Waals surface area contributed by atoms with Gasteiger partial charge in [0.25, 0.3) is 5.69 Å². The second-order valence-electron chi connectivity index (χ2n) is 4.29. The number of hydrogen-bond acceptors (Lipinski definition) is 4. The van der Waals surface area contributed by atoms with Crippen LogP contribution in [0.15, 0.2) is 18.2 Å². The Kier molecular flexibility index (Phi) is 4.95. The number of benzene rings is 1. The van der Waals surface area contributed by atoms with E-state index in [1.165, 1.54) is 0 Å². The summed E-state index contributed by atoms with van der Waals surface area (Å²) in [6.45, 7) is 7.13. The molecular formula is C13H21N3O2. The van der Waals surface area contributed by atoms with Crippen LogP contribution in [-0.4, -0.2) is 24.6 Å². The molecule has 0 saturated heterocycles. The first kappa shape index (κ1) is 14.3. The molecule has 0 aliphatic heterocycles. The molecule has 5 heteroatoms. The molecule has 0 amide bonds. The molecule has 1 aromatic rings. The van der Waals surface area contributed by atoms with Crippen LogP contribution in [0.25, 0.3) is 0 Å². The van der Waals surface area contributed by atoms with Crippen molar-refractivity contribution in [3.63, 3.8) is 0 Å². The molecule has 1 unspecified atom stereocenters. The van der Waals surface area contributed by atoms with Crippen LogP contribution in [0.2, 0.25) is 0 Å². The second-order valence-corrected chi connectivity index (χ2v) is 4.29. The molecule has 1 rings (SSSR count). The standard InChI is InChI=1S/C13H21N3O2/c1-5-10(3)15(6-2)12-7-11(14-4)8-13(9-12)16(17)18/h7-10,14H,5-6H2,1-4H3. The number of non-ortho nitro benzene ring substituents is 1. The third kappa shape index (κ3) is 3.12. The predicted octanol–water partition coefficient (Wildman–Crippen LogP) is 3.26. The van der Waals surface area contributed by atoms with Crippen molar-refractivity contribution in [2.45, 2.75) is 33.2 Å². The SMILES string of the molecule is CCC(C)N(CC)c1cc(NC)cc([N+](=O)[O-])c1. The van der Waals surface area contributed by atoms with Crippen molar-refractivity contribution in [2.24, 2.45) is 0 Å². The van der Waals surface area contributed by atoms with Gasteiger partial charge in [-0.2, -0.15) is 0 Å². The first-order valence-electron chi connectivity index (χ1n) is 6.27. The molecule has 0 fully saturated rings. The van der Waals surface area contributed by atoms with Gasteiger partial charge in [-0.25, -0.2) is 0 Å². The Labute approximate surface area is 108 Å². The summed E-state index contributed by atoms with van der Waals surface area (Å²) in [7, 11) is 1.77. The molecule has 0 saturated carbocycles. The third-order valence-electron chi connectivity index (χ3n) is 3.20. The van der Waals surface area contributed by atoms with Gasteiger partial charge in [-0.1, -0.05) is 6.92 Å². The monoisotopic (exact) mass is 251 g/mol. The summed E-state index contributed by atoms with van der Waals surface area (Å²) in [5.41, 5.74) is 1.78. The Bertz CT molecular complexity index is 421. The average molecular weight is 251 g/mol. The maximum absolute atomic E-state index is 10.9. The van der Waals surface area contributed by atoms with E-state index < -0.39 is 0 Å². The number of nitrogens with zero attached hydrogens (tertiary/aromatic N) is 2. The molecule has 100 valence electrons. The van der Waals surface area contributed by atoms with Crippen LogP contribution in [0.1, 0.15) is 27.2 Å². The van der Waals surface area contributed by atoms with Gasteiger partial charge in [0, 0.05) is 43.1 Å². The van der Waals surface area contributed by atoms with Gasteiger partial charge in [0.2, 0.25) is 0 Å². The van der Waals surface area contributed by atoms with Gasteiger partial charge in [0.05, 0.1) is 4.92 Å². The molecule has 5 nitrogen and oxygen atoms in total. The summed E-state index contributed by atoms with van der Waals surface area (Å²) >= 11 is 0. The number of nitro groups is 1. The van der Waals surface area contributed by atoms with Gasteiger partial charge in [-0.3, -0.25) is 10.1 Å². The highest BCUT2D eigenvalue weighted by Gasteiger charge is 2.16. The molecule has 1 N–H and O–H groups in total. The summed E-state index contributed by atoms with van der Waals surface area (Å²) in [6, 6.07) is 5.49. The van der Waals surface area contributed by atoms with Gasteiger partial charge in [0.1, 0.15) is 0 Å². The first-order chi connectivity index (χ1) is 8.53. The van der Waals surface area contributed by atoms with E-state index in [0.29, 0.717) is 6.04 Å². The minimum atomic E-state index is -0.352. The van der Waals surface area contributed by atoms with Crippen molar-refractivity contribution in [3.05, 3.63) is 28.3 Å². The van der Waals surface area contributed by atoms with Crippen molar-refractivity contribution in [1.29, 1.82) is 0 Å². The second kappa shape index (κ2) is 6.23. The number of nitrogens with one attached hydrogen (secondary N) is 1. The van der Waals surface area contributed by atoms with Crippen molar-refractivity contribution in [3.8, 4) is 0 Å². The van der Waals surface area contributed by atoms with Crippen molar-refractivity contribution in [1.82, 2.24) is 0 Å². The normalized spacial score (nSPS) is 12.0. The lowest BCUT2D eigenvalue weighted by molar-refractivity contribution is -0.384. The van der Waals surface area contributed by atoms with E-state index in [4.69, 9.17) is 0 Å². The van der Waals surface area contributed by atoms with Gasteiger partial charge in [-0.05, 0) is 26.3 Å². The lowest BCUT2D eigenvalue weighted by Gasteiger charge is -2.29. The molecule has 0 aliphatic carbocycles. The molecule has 0 aromatic heterocycles. The van der Waals surface area contributed by atoms with Gasteiger partial charge < -0.3 is 10.2 Å². The Morgan fingerprint density at radius 1 is 1.39 bits per heavy atom. The van der Waals surface area contributed by atoms with Gasteiger partial charge in [-0.15, -0.1) is 0 Å². The fraction of sp³-hybridized carbons (Fsp3) is 0.538. The molecule has 18 heavy (non-hydrogen) atoms. The summed E-state index contributed by atoms with van der Waals surface area (Å²) < 4.78 is 0. The fourth-order valence-corrected chi connectivity index (χ4v) is 1.98. The summed E-state index contributed by atoms with van der Waals surface area (Å²) in [6.07, 6.45) is 1.01. The maximum atomic E-state index is 10.9. The summed E-state index contributed by atoms with van der Waals surface area (Å²) in [4.78, 5) is 12.8. The largest absolute Gasteiger partial charge is 0.388 e. The Balaban J connectivity index is 3.20. The van der Waals surface area contributed by atoms with Gasteiger partial charge in [0.15, 0.2) is 0 Å². The zero-order valence-corrected chi connectivity index (χ0v) is 11.4. The van der Waals surface area contributed by atoms with Gasteiger partial charge >= 0.3 is 0 Å². The number of rotatable bonds is 6. The molecular weight excluding hydrogens is 230 g/mol. The number of hydrogen-bond donors (Lipinski definition) is 1. The quantitative estimate of drug-likeness (QED) is 0.622. The summed E-state index contributed by atoms with van der Waals surface area (Å²) in [5.74, 6) is 0. The highest BCUT2D eigenvalue weighted by molar-refractivity contribution is 5.64. The van der Waals surface area contributed by atoms with Crippen molar-refractivity contribution < 1.29 is 4.92 Å². The van der Waals surface area contributed by atoms with Crippen LogP contribution >= 0.6 is 0 Å². The minimum absolute atomic E-state index is 0.124. The van der Waals surface area contributed by atoms with E-state index in [0.717, 1.165) is 24.3 Å². The van der Waals surface area contributed by atoms with Crippen molar-refractivity contribution >= 4 is 17.1 Å². The molecule has 0 radical (unpaired) electrons. The fourth-order valence-electron chi connectivity index (χ4n) is 1.98. The van der Waals surface area contributed by atoms with E-state index in [1.807, 2.05) is 6.07 Å². The number of anilines is 2. The predicted molar refractivity (Wildman–Crippen MR) is 75.4 cm³/mol. The molecule has 0 heterocycles. The average Bonchev–Trinajstić information content (AvgIpc) is 2.38. The van der Waals surface area contributed by atoms with Crippen LogP contribution in [0.3, 0.4) is 0 Å². The summed E-state index contributed by atoms with van der Waals surface area (Å²) in [5, 5.41) is 13.9. The molecule has 0 spiro atoms. The third-order valence-corrected chi connectivity index (χ3v) is 3.20. The number of nitro benzene ring substituents is 1. The van der Waals surface area contributed by atoms with E-state index in [9.17, 15) is 10.1 Å². The first-order valence-corrected chi connectivity index (χ1v) is 6.27. The highest BCUT2D eigenvalue weighted by atomic mass is 16.6. The van der Waals surface area contributed by atoms with Crippen LogP contribution in [0.4, 0.5) is 17.1 Å². The molecule has 0 bridgehead atoms. The maximum Gasteiger partial charge on any atom is 0.273 e. The highest BCUT2D eigenvalue weighted by Crippen LogP contribution is 2.28. The van der Waals surface area contributed by atoms with Crippen LogP contribution in [-0.2, 0) is 0 Å². The smallest absolute Gasteiger partial charge is 0.273 e. The Morgan fingerprint density at radius 3 is 2.50 bits per heavy atom. The van der Waals surface area contributed by atoms with E-state index in [2.05, 4.69) is 31.0 Å². The molecule has 0 aliphatic rings. The zero-order chi connectivity index (χ0) is 13.7. The Hall–Kier alpha value is -1.78.